The van der Waals surface area contributed by atoms with Crippen LogP contribution in [0.15, 0.2) is 48.7 Å². The zero-order chi connectivity index (χ0) is 33.5. The predicted octanol–water partition coefficient (Wildman–Crippen LogP) is 6.77. The Morgan fingerprint density at radius 1 is 0.957 bits per heavy atom. The highest BCUT2D eigenvalue weighted by atomic mass is 19.1. The van der Waals surface area contributed by atoms with Gasteiger partial charge in [-0.1, -0.05) is 6.07 Å². The molecule has 0 amide bonds. The highest BCUT2D eigenvalue weighted by Gasteiger charge is 2.44. The number of alkyl halides is 1. The van der Waals surface area contributed by atoms with Crippen molar-refractivity contribution in [3.8, 4) is 23.3 Å². The molecule has 14 heteroatoms. The fourth-order valence-corrected chi connectivity index (χ4v) is 5.15. The van der Waals surface area contributed by atoms with Crippen molar-refractivity contribution in [3.05, 3.63) is 106 Å². The van der Waals surface area contributed by atoms with E-state index in [9.17, 15) is 18.0 Å². The molecule has 1 saturated carbocycles. The molecule has 1 fully saturated rings. The van der Waals surface area contributed by atoms with Crippen LogP contribution in [0.25, 0.3) is 22.4 Å². The van der Waals surface area contributed by atoms with Crippen LogP contribution in [0.4, 0.5) is 26.3 Å². The van der Waals surface area contributed by atoms with E-state index >= 15 is 13.2 Å². The van der Waals surface area contributed by atoms with Crippen molar-refractivity contribution in [3.63, 3.8) is 0 Å². The molecule has 47 heavy (non-hydrogen) atoms. The summed E-state index contributed by atoms with van der Waals surface area (Å²) in [7, 11) is 1.14. The lowest BCUT2D eigenvalue weighted by Crippen LogP contribution is -2.16. The number of fused-ring (bicyclic) bond motifs is 1. The SMILES string of the molecule is COC(=O)c1cc(F)c2nc(Cc3cc(F)c(-c4ncc(F)c(OCc5ccc(C#N)cc5F)n4)cc3F)n(CC3(CF)CC3)c2c1. The van der Waals surface area contributed by atoms with Crippen molar-refractivity contribution in [1.29, 1.82) is 5.26 Å². The van der Waals surface area contributed by atoms with E-state index in [4.69, 9.17) is 14.7 Å². The van der Waals surface area contributed by atoms with E-state index in [0.717, 1.165) is 31.4 Å². The van der Waals surface area contributed by atoms with Gasteiger partial charge in [-0.3, -0.25) is 4.39 Å². The van der Waals surface area contributed by atoms with E-state index in [1.165, 1.54) is 22.8 Å². The molecule has 0 spiro atoms. The van der Waals surface area contributed by atoms with Gasteiger partial charge in [0.15, 0.2) is 11.6 Å². The lowest BCUT2D eigenvalue weighted by molar-refractivity contribution is 0.0600. The molecule has 1 aliphatic rings. The van der Waals surface area contributed by atoms with Gasteiger partial charge < -0.3 is 14.0 Å². The topological polar surface area (TPSA) is 103 Å². The minimum atomic E-state index is -1.04. The number of nitriles is 1. The Kier molecular flexibility index (Phi) is 8.31. The van der Waals surface area contributed by atoms with E-state index in [0.29, 0.717) is 19.0 Å². The predicted molar refractivity (Wildman–Crippen MR) is 154 cm³/mol. The molecule has 0 bridgehead atoms. The molecule has 0 atom stereocenters. The first kappa shape index (κ1) is 31.5. The maximum atomic E-state index is 15.5. The van der Waals surface area contributed by atoms with Crippen LogP contribution in [0.2, 0.25) is 0 Å². The summed E-state index contributed by atoms with van der Waals surface area (Å²) in [5.74, 6) is -6.31. The number of methoxy groups -OCH3 is 1. The Morgan fingerprint density at radius 2 is 1.72 bits per heavy atom. The molecule has 0 aliphatic heterocycles. The van der Waals surface area contributed by atoms with Gasteiger partial charge in [-0.2, -0.15) is 14.6 Å². The number of halogens is 6. The first-order valence-electron chi connectivity index (χ1n) is 14.2. The molecule has 3 aromatic carbocycles. The van der Waals surface area contributed by atoms with Crippen molar-refractivity contribution in [2.24, 2.45) is 5.41 Å². The number of hydrogen-bond acceptors (Lipinski definition) is 7. The number of hydrogen-bond donors (Lipinski definition) is 0. The third kappa shape index (κ3) is 6.20. The normalized spacial score (nSPS) is 13.4. The van der Waals surface area contributed by atoms with Gasteiger partial charge in [-0.15, -0.1) is 0 Å². The summed E-state index contributed by atoms with van der Waals surface area (Å²) in [4.78, 5) is 24.1. The van der Waals surface area contributed by atoms with Gasteiger partial charge in [-0.25, -0.2) is 32.3 Å². The van der Waals surface area contributed by atoms with Gasteiger partial charge in [0, 0.05) is 23.9 Å². The van der Waals surface area contributed by atoms with Crippen molar-refractivity contribution in [2.75, 3.05) is 13.8 Å². The number of rotatable bonds is 10. The number of carbonyl (C=O) groups excluding carboxylic acids is 1. The molecule has 0 unspecified atom stereocenters. The Hall–Kier alpha value is -5.45. The number of esters is 1. The molecular formula is C33H23F6N5O3. The molecule has 1 aliphatic carbocycles. The molecular weight excluding hydrogens is 628 g/mol. The first-order valence-corrected chi connectivity index (χ1v) is 14.2. The van der Waals surface area contributed by atoms with Crippen LogP contribution in [0, 0.1) is 45.8 Å². The van der Waals surface area contributed by atoms with Crippen molar-refractivity contribution in [2.45, 2.75) is 32.4 Å². The second-order valence-electron chi connectivity index (χ2n) is 11.2. The minimum absolute atomic E-state index is 0.00307. The quantitative estimate of drug-likeness (QED) is 0.121. The Bertz CT molecular complexity index is 2090. The zero-order valence-corrected chi connectivity index (χ0v) is 24.6. The first-order chi connectivity index (χ1) is 22.5. The maximum absolute atomic E-state index is 15.5. The smallest absolute Gasteiger partial charge is 0.338 e. The van der Waals surface area contributed by atoms with Gasteiger partial charge in [0.2, 0.25) is 5.82 Å². The summed E-state index contributed by atoms with van der Waals surface area (Å²) < 4.78 is 100. The average Bonchev–Trinajstić information content (AvgIpc) is 3.77. The van der Waals surface area contributed by atoms with Crippen LogP contribution >= 0.6 is 0 Å². The average molecular weight is 652 g/mol. The molecule has 2 heterocycles. The number of aromatic nitrogens is 4. The monoisotopic (exact) mass is 651 g/mol. The summed E-state index contributed by atoms with van der Waals surface area (Å²) in [6, 6.07) is 9.38. The van der Waals surface area contributed by atoms with Crippen molar-refractivity contribution < 1.29 is 40.6 Å². The van der Waals surface area contributed by atoms with Crippen LogP contribution in [0.1, 0.15) is 45.7 Å². The summed E-state index contributed by atoms with van der Waals surface area (Å²) in [6.07, 6.45) is 1.48. The second-order valence-corrected chi connectivity index (χ2v) is 11.2. The molecule has 0 N–H and O–H groups in total. The standard InChI is InChI=1S/C33H23F6N5O3/c1-46-32(45)20-8-25(38)29-27(9-20)44(16-33(15-34)4-5-33)28(42-29)10-19-7-24(37)21(11-23(19)36)30-41-13-26(39)31(43-30)47-14-18-3-2-17(12-40)6-22(18)35/h2-3,6-9,11,13H,4-5,10,14-16H2,1H3. The third-order valence-corrected chi connectivity index (χ3v) is 8.03. The van der Waals surface area contributed by atoms with Gasteiger partial charge in [0.1, 0.15) is 35.4 Å². The van der Waals surface area contributed by atoms with E-state index in [1.807, 2.05) is 0 Å². The molecule has 2 aromatic heterocycles. The lowest BCUT2D eigenvalue weighted by Gasteiger charge is -2.16. The van der Waals surface area contributed by atoms with Crippen LogP contribution in [0.3, 0.4) is 0 Å². The van der Waals surface area contributed by atoms with Crippen LogP contribution in [-0.4, -0.2) is 39.3 Å². The summed E-state index contributed by atoms with van der Waals surface area (Å²) in [6.45, 7) is -1.07. The van der Waals surface area contributed by atoms with Crippen LogP contribution in [0.5, 0.6) is 5.88 Å². The lowest BCUT2D eigenvalue weighted by atomic mass is 10.1. The summed E-state index contributed by atoms with van der Waals surface area (Å²) >= 11 is 0. The highest BCUT2D eigenvalue weighted by Crippen LogP contribution is 2.48. The Balaban J connectivity index is 1.31. The van der Waals surface area contributed by atoms with E-state index in [-0.39, 0.29) is 52.1 Å². The molecule has 6 rings (SSSR count). The largest absolute Gasteiger partial charge is 0.471 e. The number of nitrogens with zero attached hydrogens (tertiary/aromatic N) is 5. The molecule has 240 valence electrons. The van der Waals surface area contributed by atoms with E-state index in [2.05, 4.69) is 15.0 Å². The number of carbonyl (C=O) groups is 1. The number of ether oxygens (including phenoxy) is 2. The second kappa shape index (κ2) is 12.4. The molecule has 0 radical (unpaired) electrons. The zero-order valence-electron chi connectivity index (χ0n) is 24.6. The molecule has 0 saturated heterocycles. The van der Waals surface area contributed by atoms with Crippen molar-refractivity contribution in [1.82, 2.24) is 19.5 Å². The van der Waals surface area contributed by atoms with Crippen LogP contribution < -0.4 is 4.74 Å². The van der Waals surface area contributed by atoms with E-state index < -0.39 is 71.0 Å². The fraction of sp³-hybridized carbons (Fsp3) is 0.242. The highest BCUT2D eigenvalue weighted by molar-refractivity contribution is 5.94. The van der Waals surface area contributed by atoms with Crippen molar-refractivity contribution >= 4 is 17.0 Å². The Labute approximate surface area is 263 Å². The molecule has 5 aromatic rings. The van der Waals surface area contributed by atoms with Gasteiger partial charge in [-0.05, 0) is 54.8 Å². The number of imidazole rings is 1. The fourth-order valence-electron chi connectivity index (χ4n) is 5.15. The third-order valence-electron chi connectivity index (χ3n) is 8.03. The summed E-state index contributed by atoms with van der Waals surface area (Å²) in [5.41, 5.74) is -1.32. The van der Waals surface area contributed by atoms with E-state index in [1.54, 1.807) is 6.07 Å². The van der Waals surface area contributed by atoms with Gasteiger partial charge in [0.25, 0.3) is 5.88 Å². The summed E-state index contributed by atoms with van der Waals surface area (Å²) in [5, 5.41) is 8.89. The number of benzene rings is 3. The Morgan fingerprint density at radius 3 is 2.40 bits per heavy atom. The minimum Gasteiger partial charge on any atom is -0.471 e. The maximum Gasteiger partial charge on any atom is 0.338 e. The van der Waals surface area contributed by atoms with Gasteiger partial charge >= 0.3 is 5.97 Å². The van der Waals surface area contributed by atoms with Crippen LogP contribution in [-0.2, 0) is 24.3 Å². The van der Waals surface area contributed by atoms with Gasteiger partial charge in [0.05, 0.1) is 48.3 Å². The molecule has 8 nitrogen and oxygen atoms in total.